The average molecular weight is 219 g/mol. The first-order valence-corrected chi connectivity index (χ1v) is 5.68. The summed E-state index contributed by atoms with van der Waals surface area (Å²) in [6, 6.07) is 10.1. The van der Waals surface area contributed by atoms with Crippen LogP contribution in [0.4, 0.5) is 0 Å². The first-order valence-electron chi connectivity index (χ1n) is 5.68. The summed E-state index contributed by atoms with van der Waals surface area (Å²) < 4.78 is 0. The highest BCUT2D eigenvalue weighted by atomic mass is 16.2. The third kappa shape index (κ3) is 4.47. The molecule has 0 atom stereocenters. The topological polar surface area (TPSA) is 20.3 Å². The van der Waals surface area contributed by atoms with Crippen molar-refractivity contribution in [3.05, 3.63) is 35.9 Å². The van der Waals surface area contributed by atoms with Crippen LogP contribution in [0.25, 0.3) is 0 Å². The highest BCUT2D eigenvalue weighted by Gasteiger charge is 2.18. The molecule has 1 rings (SSSR count). The van der Waals surface area contributed by atoms with E-state index < -0.39 is 0 Å². The van der Waals surface area contributed by atoms with Crippen molar-refractivity contribution in [2.45, 2.75) is 34.2 Å². The maximum atomic E-state index is 11.6. The molecule has 2 heteroatoms. The minimum atomic E-state index is 0.138. The Morgan fingerprint density at radius 1 is 1.19 bits per heavy atom. The van der Waals surface area contributed by atoms with Gasteiger partial charge in [-0.2, -0.15) is 0 Å². The van der Waals surface area contributed by atoms with Crippen molar-refractivity contribution >= 4 is 5.91 Å². The number of carbonyl (C=O) groups is 1. The van der Waals surface area contributed by atoms with Gasteiger partial charge in [0.1, 0.15) is 0 Å². The third-order valence-corrected chi connectivity index (χ3v) is 2.33. The zero-order valence-corrected chi connectivity index (χ0v) is 10.7. The van der Waals surface area contributed by atoms with E-state index in [1.807, 2.05) is 23.1 Å². The molecule has 0 saturated carbocycles. The molecule has 1 aromatic rings. The fraction of sp³-hybridized carbons (Fsp3) is 0.500. The molecule has 1 aromatic carbocycles. The SMILES string of the molecule is CC(=O)N(Cc1ccccc1)CC(C)(C)C. The van der Waals surface area contributed by atoms with Crippen LogP contribution in [-0.4, -0.2) is 17.4 Å². The van der Waals surface area contributed by atoms with E-state index in [0.717, 1.165) is 6.54 Å². The van der Waals surface area contributed by atoms with E-state index in [1.54, 1.807) is 6.92 Å². The summed E-state index contributed by atoms with van der Waals surface area (Å²) in [5, 5.41) is 0. The third-order valence-electron chi connectivity index (χ3n) is 2.33. The van der Waals surface area contributed by atoms with Crippen LogP contribution in [0.1, 0.15) is 33.3 Å². The van der Waals surface area contributed by atoms with Crippen LogP contribution in [0.2, 0.25) is 0 Å². The molecule has 16 heavy (non-hydrogen) atoms. The molecule has 0 aliphatic rings. The summed E-state index contributed by atoms with van der Waals surface area (Å²) in [6.45, 7) is 9.56. The lowest BCUT2D eigenvalue weighted by molar-refractivity contribution is -0.130. The Balaban J connectivity index is 2.70. The molecule has 0 heterocycles. The van der Waals surface area contributed by atoms with Gasteiger partial charge in [0.2, 0.25) is 5.91 Å². The average Bonchev–Trinajstić information content (AvgIpc) is 2.16. The highest BCUT2D eigenvalue weighted by molar-refractivity contribution is 5.73. The van der Waals surface area contributed by atoms with E-state index in [9.17, 15) is 4.79 Å². The second-order valence-electron chi connectivity index (χ2n) is 5.42. The Morgan fingerprint density at radius 2 is 1.75 bits per heavy atom. The molecule has 0 unspecified atom stereocenters. The zero-order chi connectivity index (χ0) is 12.2. The van der Waals surface area contributed by atoms with Crippen LogP contribution in [0, 0.1) is 5.41 Å². The van der Waals surface area contributed by atoms with E-state index >= 15 is 0 Å². The van der Waals surface area contributed by atoms with E-state index in [0.29, 0.717) is 6.54 Å². The minimum absolute atomic E-state index is 0.138. The summed E-state index contributed by atoms with van der Waals surface area (Å²) in [6.07, 6.45) is 0. The van der Waals surface area contributed by atoms with Crippen LogP contribution in [-0.2, 0) is 11.3 Å². The smallest absolute Gasteiger partial charge is 0.219 e. The first kappa shape index (κ1) is 12.8. The fourth-order valence-electron chi connectivity index (χ4n) is 1.65. The largest absolute Gasteiger partial charge is 0.338 e. The first-order chi connectivity index (χ1) is 7.38. The lowest BCUT2D eigenvalue weighted by Gasteiger charge is -2.29. The van der Waals surface area contributed by atoms with Crippen molar-refractivity contribution in [1.29, 1.82) is 0 Å². The van der Waals surface area contributed by atoms with Crippen LogP contribution < -0.4 is 0 Å². The molecular weight excluding hydrogens is 198 g/mol. The van der Waals surface area contributed by atoms with Gasteiger partial charge < -0.3 is 4.90 Å². The number of amides is 1. The lowest BCUT2D eigenvalue weighted by atomic mass is 9.96. The van der Waals surface area contributed by atoms with Crippen molar-refractivity contribution in [1.82, 2.24) is 4.90 Å². The highest BCUT2D eigenvalue weighted by Crippen LogP contribution is 2.17. The summed E-state index contributed by atoms with van der Waals surface area (Å²) in [5.41, 5.74) is 1.32. The maximum Gasteiger partial charge on any atom is 0.219 e. The zero-order valence-electron chi connectivity index (χ0n) is 10.7. The van der Waals surface area contributed by atoms with Gasteiger partial charge in [0.05, 0.1) is 0 Å². The van der Waals surface area contributed by atoms with E-state index in [1.165, 1.54) is 5.56 Å². The predicted octanol–water partition coefficient (Wildman–Crippen LogP) is 3.08. The van der Waals surface area contributed by atoms with Gasteiger partial charge in [0.15, 0.2) is 0 Å². The molecule has 0 bridgehead atoms. The molecule has 0 saturated heterocycles. The molecule has 0 aliphatic heterocycles. The second kappa shape index (κ2) is 5.15. The monoisotopic (exact) mass is 219 g/mol. The minimum Gasteiger partial charge on any atom is -0.338 e. The Labute approximate surface area is 98.3 Å². The van der Waals surface area contributed by atoms with Gasteiger partial charge in [0.25, 0.3) is 0 Å². The van der Waals surface area contributed by atoms with Gasteiger partial charge in [-0.15, -0.1) is 0 Å². The Morgan fingerprint density at radius 3 is 2.19 bits per heavy atom. The normalized spacial score (nSPS) is 11.2. The standard InChI is InChI=1S/C14H21NO/c1-12(16)15(11-14(2,3)4)10-13-8-6-5-7-9-13/h5-9H,10-11H2,1-4H3. The van der Waals surface area contributed by atoms with Gasteiger partial charge in [-0.1, -0.05) is 51.1 Å². The number of hydrogen-bond acceptors (Lipinski definition) is 1. The Kier molecular flexibility index (Phi) is 4.11. The molecule has 0 spiro atoms. The van der Waals surface area contributed by atoms with Crippen molar-refractivity contribution in [2.24, 2.45) is 5.41 Å². The number of nitrogens with zero attached hydrogens (tertiary/aromatic N) is 1. The second-order valence-corrected chi connectivity index (χ2v) is 5.42. The molecule has 0 radical (unpaired) electrons. The fourth-order valence-corrected chi connectivity index (χ4v) is 1.65. The van der Waals surface area contributed by atoms with Crippen LogP contribution in [0.3, 0.4) is 0 Å². The number of rotatable bonds is 3. The molecule has 0 N–H and O–H groups in total. The van der Waals surface area contributed by atoms with Gasteiger partial charge in [-0.25, -0.2) is 0 Å². The van der Waals surface area contributed by atoms with Crippen molar-refractivity contribution in [2.75, 3.05) is 6.54 Å². The summed E-state index contributed by atoms with van der Waals surface area (Å²) in [5.74, 6) is 0.138. The van der Waals surface area contributed by atoms with Crippen molar-refractivity contribution in [3.8, 4) is 0 Å². The summed E-state index contributed by atoms with van der Waals surface area (Å²) in [4.78, 5) is 13.5. The van der Waals surface area contributed by atoms with Gasteiger partial charge in [-0.05, 0) is 11.0 Å². The molecule has 0 fully saturated rings. The molecule has 0 aliphatic carbocycles. The summed E-state index contributed by atoms with van der Waals surface area (Å²) in [7, 11) is 0. The lowest BCUT2D eigenvalue weighted by Crippen LogP contribution is -2.35. The quantitative estimate of drug-likeness (QED) is 0.765. The predicted molar refractivity (Wildman–Crippen MR) is 67.0 cm³/mol. The van der Waals surface area contributed by atoms with E-state index in [-0.39, 0.29) is 11.3 Å². The van der Waals surface area contributed by atoms with E-state index in [2.05, 4.69) is 32.9 Å². The number of carbonyl (C=O) groups excluding carboxylic acids is 1. The molecular formula is C14H21NO. The number of hydrogen-bond donors (Lipinski definition) is 0. The van der Waals surface area contributed by atoms with Crippen LogP contribution in [0.5, 0.6) is 0 Å². The Hall–Kier alpha value is -1.31. The molecule has 88 valence electrons. The van der Waals surface area contributed by atoms with Crippen molar-refractivity contribution < 1.29 is 4.79 Å². The Bertz CT molecular complexity index is 338. The van der Waals surface area contributed by atoms with Gasteiger partial charge >= 0.3 is 0 Å². The van der Waals surface area contributed by atoms with Gasteiger partial charge in [0, 0.05) is 20.0 Å². The van der Waals surface area contributed by atoms with Crippen LogP contribution >= 0.6 is 0 Å². The maximum absolute atomic E-state index is 11.6. The van der Waals surface area contributed by atoms with E-state index in [4.69, 9.17) is 0 Å². The van der Waals surface area contributed by atoms with Crippen molar-refractivity contribution in [3.63, 3.8) is 0 Å². The molecule has 2 nitrogen and oxygen atoms in total. The van der Waals surface area contributed by atoms with Gasteiger partial charge in [-0.3, -0.25) is 4.79 Å². The summed E-state index contributed by atoms with van der Waals surface area (Å²) >= 11 is 0. The number of benzene rings is 1. The molecule has 1 amide bonds. The van der Waals surface area contributed by atoms with Crippen LogP contribution in [0.15, 0.2) is 30.3 Å². The molecule has 0 aromatic heterocycles.